The van der Waals surface area contributed by atoms with Crippen LogP contribution in [0.4, 0.5) is 5.82 Å². The van der Waals surface area contributed by atoms with Crippen LogP contribution in [0.25, 0.3) is 11.0 Å². The van der Waals surface area contributed by atoms with Gasteiger partial charge in [-0.1, -0.05) is 12.1 Å². The van der Waals surface area contributed by atoms with Gasteiger partial charge in [-0.2, -0.15) is 0 Å². The summed E-state index contributed by atoms with van der Waals surface area (Å²) in [6.07, 6.45) is 3.65. The van der Waals surface area contributed by atoms with Gasteiger partial charge in [-0.05, 0) is 41.4 Å². The third kappa shape index (κ3) is 3.82. The number of anilines is 1. The highest BCUT2D eigenvalue weighted by molar-refractivity contribution is 9.10. The van der Waals surface area contributed by atoms with Crippen molar-refractivity contribution in [3.8, 4) is 0 Å². The van der Waals surface area contributed by atoms with E-state index in [1.807, 2.05) is 24.3 Å². The molecule has 0 spiro atoms. The van der Waals surface area contributed by atoms with Crippen molar-refractivity contribution in [1.29, 1.82) is 0 Å². The second kappa shape index (κ2) is 7.07. The van der Waals surface area contributed by atoms with Crippen molar-refractivity contribution in [2.45, 2.75) is 25.3 Å². The highest BCUT2D eigenvalue weighted by Gasteiger charge is 2.46. The Labute approximate surface area is 163 Å². The van der Waals surface area contributed by atoms with E-state index < -0.39 is 6.04 Å². The Bertz CT molecular complexity index is 970. The molecule has 0 radical (unpaired) electrons. The maximum Gasteiger partial charge on any atom is 0.247 e. The van der Waals surface area contributed by atoms with E-state index in [4.69, 9.17) is 0 Å². The largest absolute Gasteiger partial charge is 0.344 e. The maximum atomic E-state index is 12.4. The van der Waals surface area contributed by atoms with E-state index in [1.165, 1.54) is 12.4 Å². The normalized spacial score (nSPS) is 19.5. The summed E-state index contributed by atoms with van der Waals surface area (Å²) in [6.45, 7) is 1.64. The summed E-state index contributed by atoms with van der Waals surface area (Å²) in [4.78, 5) is 40.5. The molecule has 9 heteroatoms. The molecule has 1 aliphatic rings. The molecule has 0 bridgehead atoms. The number of nitrogens with zero attached hydrogens (tertiary/aromatic N) is 3. The van der Waals surface area contributed by atoms with Crippen LogP contribution in [-0.2, 0) is 9.59 Å². The van der Waals surface area contributed by atoms with Crippen molar-refractivity contribution in [1.82, 2.24) is 25.3 Å². The Morgan fingerprint density at radius 2 is 2.07 bits per heavy atom. The van der Waals surface area contributed by atoms with Crippen LogP contribution >= 0.6 is 15.9 Å². The Hall–Kier alpha value is -2.81. The van der Waals surface area contributed by atoms with E-state index in [0.717, 1.165) is 23.3 Å². The SMILES string of the molecule is C[C@H](NC(=O)[C@H]1C[C@@H]1c1nc2ccccc2[nH]1)C(=O)Nc1cnc(Br)cn1. The number of aromatic amines is 1. The van der Waals surface area contributed by atoms with Crippen LogP contribution in [0.3, 0.4) is 0 Å². The summed E-state index contributed by atoms with van der Waals surface area (Å²) in [7, 11) is 0. The van der Waals surface area contributed by atoms with Crippen LogP contribution in [-0.4, -0.2) is 37.8 Å². The van der Waals surface area contributed by atoms with Gasteiger partial charge in [0, 0.05) is 11.8 Å². The molecular weight excluding hydrogens is 412 g/mol. The molecule has 1 aromatic carbocycles. The fourth-order valence-corrected chi connectivity index (χ4v) is 3.14. The lowest BCUT2D eigenvalue weighted by atomic mass is 10.2. The second-order valence-corrected chi connectivity index (χ2v) is 7.34. The number of benzene rings is 1. The van der Waals surface area contributed by atoms with E-state index in [2.05, 4.69) is 46.5 Å². The molecule has 2 aromatic heterocycles. The minimum absolute atomic E-state index is 0.0602. The molecule has 0 aliphatic heterocycles. The molecule has 0 saturated heterocycles. The van der Waals surface area contributed by atoms with Crippen LogP contribution in [0, 0.1) is 5.92 Å². The molecule has 138 valence electrons. The minimum Gasteiger partial charge on any atom is -0.344 e. The number of H-pyrrole nitrogens is 1. The summed E-state index contributed by atoms with van der Waals surface area (Å²) in [6, 6.07) is 7.09. The van der Waals surface area contributed by atoms with E-state index in [9.17, 15) is 9.59 Å². The smallest absolute Gasteiger partial charge is 0.247 e. The van der Waals surface area contributed by atoms with Gasteiger partial charge in [0.15, 0.2) is 5.82 Å². The summed E-state index contributed by atoms with van der Waals surface area (Å²) in [5.74, 6) is 0.540. The average Bonchev–Trinajstić information content (AvgIpc) is 3.35. The number of nitrogens with one attached hydrogen (secondary N) is 3. The second-order valence-electron chi connectivity index (χ2n) is 6.53. The Morgan fingerprint density at radius 3 is 2.81 bits per heavy atom. The lowest BCUT2D eigenvalue weighted by molar-refractivity contribution is -0.127. The van der Waals surface area contributed by atoms with Crippen molar-refractivity contribution in [3.05, 3.63) is 47.1 Å². The Balaban J connectivity index is 1.33. The van der Waals surface area contributed by atoms with Crippen LogP contribution in [0.15, 0.2) is 41.3 Å². The van der Waals surface area contributed by atoms with Gasteiger partial charge >= 0.3 is 0 Å². The fraction of sp³-hybridized carbons (Fsp3) is 0.278. The van der Waals surface area contributed by atoms with Gasteiger partial charge in [-0.3, -0.25) is 9.59 Å². The zero-order valence-corrected chi connectivity index (χ0v) is 16.0. The third-order valence-electron chi connectivity index (χ3n) is 4.51. The summed E-state index contributed by atoms with van der Waals surface area (Å²) in [5, 5.41) is 5.38. The van der Waals surface area contributed by atoms with Crippen LogP contribution in [0.2, 0.25) is 0 Å². The molecule has 2 amide bonds. The number of aromatic nitrogens is 4. The molecule has 1 fully saturated rings. The number of fused-ring (bicyclic) bond motifs is 1. The number of halogens is 1. The molecule has 2 heterocycles. The van der Waals surface area contributed by atoms with Gasteiger partial charge in [0.1, 0.15) is 16.5 Å². The van der Waals surface area contributed by atoms with Crippen molar-refractivity contribution in [2.24, 2.45) is 5.92 Å². The monoisotopic (exact) mass is 428 g/mol. The molecule has 27 heavy (non-hydrogen) atoms. The molecule has 3 atom stereocenters. The third-order valence-corrected chi connectivity index (χ3v) is 4.92. The number of carbonyl (C=O) groups is 2. The molecule has 0 unspecified atom stereocenters. The Kier molecular flexibility index (Phi) is 4.61. The number of hydrogen-bond donors (Lipinski definition) is 3. The predicted molar refractivity (Wildman–Crippen MR) is 103 cm³/mol. The van der Waals surface area contributed by atoms with Gasteiger partial charge < -0.3 is 15.6 Å². The number of para-hydroxylation sites is 2. The van der Waals surface area contributed by atoms with Crippen LogP contribution in [0.1, 0.15) is 25.1 Å². The fourth-order valence-electron chi connectivity index (χ4n) is 2.93. The van der Waals surface area contributed by atoms with Gasteiger partial charge in [0.25, 0.3) is 0 Å². The molecule has 3 aromatic rings. The zero-order valence-electron chi connectivity index (χ0n) is 14.4. The summed E-state index contributed by atoms with van der Waals surface area (Å²) < 4.78 is 0.576. The summed E-state index contributed by atoms with van der Waals surface area (Å²) in [5.41, 5.74) is 1.85. The summed E-state index contributed by atoms with van der Waals surface area (Å²) >= 11 is 3.18. The van der Waals surface area contributed by atoms with E-state index in [0.29, 0.717) is 10.4 Å². The van der Waals surface area contributed by atoms with Crippen molar-refractivity contribution in [2.75, 3.05) is 5.32 Å². The van der Waals surface area contributed by atoms with Crippen LogP contribution < -0.4 is 10.6 Å². The quantitative estimate of drug-likeness (QED) is 0.577. The molecule has 1 aliphatic carbocycles. The maximum absolute atomic E-state index is 12.4. The van der Waals surface area contributed by atoms with Crippen LogP contribution in [0.5, 0.6) is 0 Å². The predicted octanol–water partition coefficient (Wildman–Crippen LogP) is 2.36. The highest BCUT2D eigenvalue weighted by atomic mass is 79.9. The highest BCUT2D eigenvalue weighted by Crippen LogP contribution is 2.46. The number of imidazole rings is 1. The molecule has 4 rings (SSSR count). The minimum atomic E-state index is -0.681. The average molecular weight is 429 g/mol. The van der Waals surface area contributed by atoms with Gasteiger partial charge in [-0.15, -0.1) is 0 Å². The van der Waals surface area contributed by atoms with Gasteiger partial charge in [0.2, 0.25) is 11.8 Å². The zero-order chi connectivity index (χ0) is 19.0. The molecular formula is C18H17BrN6O2. The van der Waals surface area contributed by atoms with E-state index >= 15 is 0 Å². The van der Waals surface area contributed by atoms with Gasteiger partial charge in [-0.25, -0.2) is 15.0 Å². The van der Waals surface area contributed by atoms with E-state index in [-0.39, 0.29) is 23.7 Å². The first-order chi connectivity index (χ1) is 13.0. The van der Waals surface area contributed by atoms with Gasteiger partial charge in [0.05, 0.1) is 23.4 Å². The number of amides is 2. The Morgan fingerprint density at radius 1 is 1.26 bits per heavy atom. The lowest BCUT2D eigenvalue weighted by Crippen LogP contribution is -2.42. The topological polar surface area (TPSA) is 113 Å². The first-order valence-corrected chi connectivity index (χ1v) is 9.34. The first kappa shape index (κ1) is 17.6. The lowest BCUT2D eigenvalue weighted by Gasteiger charge is -2.13. The van der Waals surface area contributed by atoms with E-state index in [1.54, 1.807) is 6.92 Å². The van der Waals surface area contributed by atoms with Crippen molar-refractivity contribution in [3.63, 3.8) is 0 Å². The number of rotatable bonds is 5. The van der Waals surface area contributed by atoms with Crippen molar-refractivity contribution < 1.29 is 9.59 Å². The molecule has 8 nitrogen and oxygen atoms in total. The number of hydrogen-bond acceptors (Lipinski definition) is 5. The molecule has 1 saturated carbocycles. The number of carbonyl (C=O) groups excluding carboxylic acids is 2. The standard InChI is InChI=1S/C18H17BrN6O2/c1-9(17(26)25-15-8-20-14(19)7-21-15)22-18(27)11-6-10(11)16-23-12-4-2-3-5-13(12)24-16/h2-5,7-11H,6H2,1H3,(H,22,27)(H,23,24)(H,21,25,26)/t9-,10-,11-/m0/s1. The molecule has 3 N–H and O–H groups in total. The first-order valence-electron chi connectivity index (χ1n) is 8.54. The van der Waals surface area contributed by atoms with Crippen molar-refractivity contribution >= 4 is 44.6 Å².